The first-order valence-electron chi connectivity index (χ1n) is 10.7. The smallest absolute Gasteiger partial charge is 0.257 e. The third-order valence-electron chi connectivity index (χ3n) is 6.14. The molecule has 3 N–H and O–H groups in total. The van der Waals surface area contributed by atoms with Gasteiger partial charge in [-0.1, -0.05) is 0 Å². The first-order chi connectivity index (χ1) is 15.2. The van der Waals surface area contributed by atoms with Crippen LogP contribution in [0.5, 0.6) is 0 Å². The number of hydrogen-bond acceptors (Lipinski definition) is 5. The molecule has 32 heavy (non-hydrogen) atoms. The van der Waals surface area contributed by atoms with Gasteiger partial charge in [-0.05, 0) is 38.8 Å². The molecular weight excluding hydrogens is 409 g/mol. The number of piperidine rings is 1. The van der Waals surface area contributed by atoms with Crippen LogP contribution in [0, 0.1) is 12.7 Å². The molecule has 1 saturated heterocycles. The minimum absolute atomic E-state index is 0.144. The lowest BCUT2D eigenvalue weighted by molar-refractivity contribution is 0.102. The molecule has 4 aromatic rings. The van der Waals surface area contributed by atoms with Gasteiger partial charge in [-0.25, -0.2) is 9.37 Å². The van der Waals surface area contributed by atoms with Crippen molar-refractivity contribution in [2.45, 2.75) is 32.2 Å². The van der Waals surface area contributed by atoms with Crippen LogP contribution >= 0.6 is 0 Å². The fourth-order valence-electron chi connectivity index (χ4n) is 4.37. The van der Waals surface area contributed by atoms with Crippen LogP contribution in [-0.4, -0.2) is 43.7 Å². The van der Waals surface area contributed by atoms with Gasteiger partial charge in [0, 0.05) is 61.4 Å². The number of halogens is 1. The third kappa shape index (κ3) is 3.58. The van der Waals surface area contributed by atoms with E-state index >= 15 is 0 Å². The van der Waals surface area contributed by atoms with Crippen LogP contribution in [0.1, 0.15) is 35.8 Å². The molecule has 0 spiro atoms. The van der Waals surface area contributed by atoms with Crippen LogP contribution in [-0.2, 0) is 7.05 Å². The van der Waals surface area contributed by atoms with E-state index in [1.54, 1.807) is 34.5 Å². The molecule has 1 aliphatic heterocycles. The van der Waals surface area contributed by atoms with E-state index in [1.165, 1.54) is 6.07 Å². The van der Waals surface area contributed by atoms with Crippen LogP contribution in [0.4, 0.5) is 15.8 Å². The molecule has 1 aromatic carbocycles. The fraction of sp³-hybridized carbons (Fsp3) is 0.348. The summed E-state index contributed by atoms with van der Waals surface area (Å²) in [7, 11) is 1.84. The summed E-state index contributed by atoms with van der Waals surface area (Å²) >= 11 is 0. The Bertz CT molecular complexity index is 1340. The highest BCUT2D eigenvalue weighted by molar-refractivity contribution is 6.13. The first-order valence-corrected chi connectivity index (χ1v) is 10.7. The Morgan fingerprint density at radius 2 is 1.97 bits per heavy atom. The zero-order valence-corrected chi connectivity index (χ0v) is 18.4. The van der Waals surface area contributed by atoms with Gasteiger partial charge in [0.25, 0.3) is 5.91 Å². The van der Waals surface area contributed by atoms with Crippen LogP contribution in [0.15, 0.2) is 36.8 Å². The molecule has 0 unspecified atom stereocenters. The van der Waals surface area contributed by atoms with Crippen LogP contribution in [0.2, 0.25) is 0 Å². The largest absolute Gasteiger partial charge is 0.371 e. The molecular formula is C23H26FN7O. The highest BCUT2D eigenvalue weighted by Gasteiger charge is 2.28. The summed E-state index contributed by atoms with van der Waals surface area (Å²) in [5, 5.41) is 8.26. The summed E-state index contributed by atoms with van der Waals surface area (Å²) in [6.45, 7) is 5.58. The second-order valence-electron chi connectivity index (χ2n) is 8.98. The number of nitrogens with two attached hydrogens (primary N) is 1. The van der Waals surface area contributed by atoms with Gasteiger partial charge in [0.2, 0.25) is 0 Å². The topological polar surface area (TPSA) is 93.5 Å². The summed E-state index contributed by atoms with van der Waals surface area (Å²) < 4.78 is 17.7. The molecule has 8 nitrogen and oxygen atoms in total. The van der Waals surface area contributed by atoms with Crippen molar-refractivity contribution in [1.82, 2.24) is 19.2 Å². The summed E-state index contributed by atoms with van der Waals surface area (Å²) in [6, 6.07) is 5.02. The number of imidazole rings is 1. The van der Waals surface area contributed by atoms with E-state index in [2.05, 4.69) is 27.2 Å². The fourth-order valence-corrected chi connectivity index (χ4v) is 4.37. The van der Waals surface area contributed by atoms with Gasteiger partial charge in [-0.2, -0.15) is 5.10 Å². The van der Waals surface area contributed by atoms with Crippen molar-refractivity contribution in [3.63, 3.8) is 0 Å². The summed E-state index contributed by atoms with van der Waals surface area (Å²) in [4.78, 5) is 19.6. The zero-order valence-electron chi connectivity index (χ0n) is 18.4. The lowest BCUT2D eigenvalue weighted by atomic mass is 9.90. The van der Waals surface area contributed by atoms with E-state index in [-0.39, 0.29) is 17.1 Å². The summed E-state index contributed by atoms with van der Waals surface area (Å²) in [5.74, 6) is -0.838. The van der Waals surface area contributed by atoms with Crippen molar-refractivity contribution < 1.29 is 9.18 Å². The average Bonchev–Trinajstić information content (AvgIpc) is 3.29. The monoisotopic (exact) mass is 435 g/mol. The Hall–Kier alpha value is -3.46. The quantitative estimate of drug-likeness (QED) is 0.515. The second kappa shape index (κ2) is 7.30. The number of fused-ring (bicyclic) bond motifs is 2. The van der Waals surface area contributed by atoms with Crippen LogP contribution < -0.4 is 16.0 Å². The van der Waals surface area contributed by atoms with Gasteiger partial charge in [-0.15, -0.1) is 0 Å². The van der Waals surface area contributed by atoms with E-state index in [4.69, 9.17) is 5.73 Å². The van der Waals surface area contributed by atoms with E-state index < -0.39 is 5.82 Å². The Morgan fingerprint density at radius 3 is 2.72 bits per heavy atom. The van der Waals surface area contributed by atoms with E-state index in [0.29, 0.717) is 22.5 Å². The molecule has 166 valence electrons. The van der Waals surface area contributed by atoms with Crippen molar-refractivity contribution in [3.8, 4) is 0 Å². The summed E-state index contributed by atoms with van der Waals surface area (Å²) in [6.07, 6.45) is 7.10. The number of anilines is 2. The van der Waals surface area contributed by atoms with Crippen molar-refractivity contribution in [2.75, 3.05) is 23.3 Å². The van der Waals surface area contributed by atoms with E-state index in [1.807, 2.05) is 19.3 Å². The third-order valence-corrected chi connectivity index (χ3v) is 6.14. The van der Waals surface area contributed by atoms with Gasteiger partial charge in [-0.3, -0.25) is 9.48 Å². The molecule has 0 saturated carbocycles. The molecule has 1 aliphatic rings. The standard InChI is InChI=1S/C23H26FN7O/c1-14-11-31-12-15(10-18(24)21(31)26-14)27-22(32)16-4-5-19(17-13-29(3)28-20(16)17)30-8-6-23(2,25)7-9-30/h4-5,10-13H,6-9,25H2,1-3H3,(H,27,32). The molecule has 1 fully saturated rings. The average molecular weight is 436 g/mol. The number of carbonyl (C=O) groups excluding carboxylic acids is 1. The number of carbonyl (C=O) groups is 1. The number of hydrogen-bond donors (Lipinski definition) is 2. The van der Waals surface area contributed by atoms with E-state index in [9.17, 15) is 9.18 Å². The zero-order chi connectivity index (χ0) is 22.6. The number of benzene rings is 1. The molecule has 1 amide bonds. The predicted molar refractivity (Wildman–Crippen MR) is 123 cm³/mol. The minimum atomic E-state index is -0.494. The van der Waals surface area contributed by atoms with Gasteiger partial charge < -0.3 is 20.4 Å². The van der Waals surface area contributed by atoms with Crippen molar-refractivity contribution in [3.05, 3.63) is 53.9 Å². The van der Waals surface area contributed by atoms with Crippen LogP contribution in [0.25, 0.3) is 16.6 Å². The first kappa shape index (κ1) is 20.4. The molecule has 3 aromatic heterocycles. The SMILES string of the molecule is Cc1cn2cc(NC(=O)c3ccc(N4CCC(C)(N)CC4)c4cn(C)nc34)cc(F)c2n1. The Morgan fingerprint density at radius 1 is 1.22 bits per heavy atom. The van der Waals surface area contributed by atoms with Gasteiger partial charge in [0.05, 0.1) is 16.9 Å². The molecule has 5 rings (SSSR count). The summed E-state index contributed by atoms with van der Waals surface area (Å²) in [5.41, 5.74) is 9.52. The maximum absolute atomic E-state index is 14.4. The number of nitrogens with zero attached hydrogens (tertiary/aromatic N) is 5. The molecule has 4 heterocycles. The molecule has 0 atom stereocenters. The molecule has 0 radical (unpaired) electrons. The highest BCUT2D eigenvalue weighted by Crippen LogP contribution is 2.32. The van der Waals surface area contributed by atoms with E-state index in [0.717, 1.165) is 37.0 Å². The Balaban J connectivity index is 1.47. The predicted octanol–water partition coefficient (Wildman–Crippen LogP) is 3.24. The normalized spacial score (nSPS) is 16.1. The molecule has 9 heteroatoms. The number of aryl methyl sites for hydroxylation is 2. The number of aromatic nitrogens is 4. The van der Waals surface area contributed by atoms with Crippen LogP contribution in [0.3, 0.4) is 0 Å². The van der Waals surface area contributed by atoms with Gasteiger partial charge in [0.1, 0.15) is 5.52 Å². The Kier molecular flexibility index (Phi) is 4.67. The maximum Gasteiger partial charge on any atom is 0.257 e. The van der Waals surface area contributed by atoms with Crippen molar-refractivity contribution in [1.29, 1.82) is 0 Å². The number of pyridine rings is 1. The number of nitrogens with one attached hydrogen (secondary N) is 1. The van der Waals surface area contributed by atoms with Gasteiger partial charge >= 0.3 is 0 Å². The highest BCUT2D eigenvalue weighted by atomic mass is 19.1. The van der Waals surface area contributed by atoms with Crippen molar-refractivity contribution >= 4 is 33.8 Å². The number of amides is 1. The second-order valence-corrected chi connectivity index (χ2v) is 8.98. The lowest BCUT2D eigenvalue weighted by Crippen LogP contribution is -2.48. The Labute approximate surface area is 184 Å². The minimum Gasteiger partial charge on any atom is -0.371 e. The maximum atomic E-state index is 14.4. The van der Waals surface area contributed by atoms with Gasteiger partial charge in [0.15, 0.2) is 11.5 Å². The number of rotatable bonds is 3. The molecule has 0 aliphatic carbocycles. The van der Waals surface area contributed by atoms with Crippen molar-refractivity contribution in [2.24, 2.45) is 12.8 Å². The lowest BCUT2D eigenvalue weighted by Gasteiger charge is -2.38. The molecule has 0 bridgehead atoms.